The highest BCUT2D eigenvalue weighted by Crippen LogP contribution is 2.27. The molecule has 4 rings (SSSR count). The molecular weight excluding hydrogens is 440 g/mol. The lowest BCUT2D eigenvalue weighted by Crippen LogP contribution is -2.32. The quantitative estimate of drug-likeness (QED) is 0.394. The van der Waals surface area contributed by atoms with Gasteiger partial charge in [-0.2, -0.15) is 0 Å². The third-order valence-corrected chi connectivity index (χ3v) is 5.21. The van der Waals surface area contributed by atoms with Gasteiger partial charge < -0.3 is 19.5 Å². The molecule has 0 atom stereocenters. The number of nitrogens with one attached hydrogen (secondary N) is 1. The van der Waals surface area contributed by atoms with Crippen molar-refractivity contribution in [3.8, 4) is 17.2 Å². The van der Waals surface area contributed by atoms with Crippen LogP contribution in [-0.4, -0.2) is 51.8 Å². The number of ether oxygens (including phenoxy) is 3. The second-order valence-electron chi connectivity index (χ2n) is 7.41. The van der Waals surface area contributed by atoms with Gasteiger partial charge in [0.25, 0.3) is 5.56 Å². The average molecular weight is 464 g/mol. The van der Waals surface area contributed by atoms with Crippen molar-refractivity contribution in [2.24, 2.45) is 0 Å². The zero-order valence-corrected chi connectivity index (χ0v) is 19.0. The van der Waals surface area contributed by atoms with Gasteiger partial charge in [0.05, 0.1) is 27.9 Å². The zero-order valence-electron chi connectivity index (χ0n) is 19.0. The molecule has 1 N–H and O–H groups in total. The summed E-state index contributed by atoms with van der Waals surface area (Å²) in [6.07, 6.45) is 1.33. The summed E-state index contributed by atoms with van der Waals surface area (Å²) in [5.74, 6) is 1.54. The predicted molar refractivity (Wildman–Crippen MR) is 123 cm³/mol. The molecule has 0 fully saturated rings. The summed E-state index contributed by atoms with van der Waals surface area (Å²) in [7, 11) is 4.69. The van der Waals surface area contributed by atoms with Crippen LogP contribution in [-0.2, 0) is 24.4 Å². The average Bonchev–Trinajstić information content (AvgIpc) is 3.27. The van der Waals surface area contributed by atoms with Gasteiger partial charge in [-0.1, -0.05) is 23.4 Å². The van der Waals surface area contributed by atoms with Gasteiger partial charge in [0.2, 0.25) is 5.91 Å². The van der Waals surface area contributed by atoms with E-state index in [2.05, 4.69) is 20.6 Å². The van der Waals surface area contributed by atoms with Crippen molar-refractivity contribution < 1.29 is 19.0 Å². The minimum absolute atomic E-state index is 0.0955. The summed E-state index contributed by atoms with van der Waals surface area (Å²) in [5.41, 5.74) is 1.75. The number of amides is 1. The van der Waals surface area contributed by atoms with E-state index in [0.29, 0.717) is 23.7 Å². The van der Waals surface area contributed by atoms with Gasteiger partial charge in [-0.15, -0.1) is 5.10 Å². The van der Waals surface area contributed by atoms with E-state index in [1.54, 1.807) is 33.5 Å². The lowest BCUT2D eigenvalue weighted by atomic mass is 10.2. The van der Waals surface area contributed by atoms with Crippen LogP contribution in [0.25, 0.3) is 11.2 Å². The maximum absolute atomic E-state index is 12.8. The number of carbonyl (C=O) groups is 1. The Hall–Kier alpha value is -4.41. The van der Waals surface area contributed by atoms with Crippen LogP contribution in [0, 0.1) is 0 Å². The van der Waals surface area contributed by atoms with Crippen molar-refractivity contribution in [1.29, 1.82) is 0 Å². The van der Waals surface area contributed by atoms with E-state index in [4.69, 9.17) is 14.2 Å². The topological polar surface area (TPSA) is 122 Å². The van der Waals surface area contributed by atoms with Crippen molar-refractivity contribution in [3.63, 3.8) is 0 Å². The molecule has 11 nitrogen and oxygen atoms in total. The molecule has 34 heavy (non-hydrogen) atoms. The molecule has 176 valence electrons. The van der Waals surface area contributed by atoms with Crippen molar-refractivity contribution in [1.82, 2.24) is 29.9 Å². The number of nitrogens with zero attached hydrogens (tertiary/aromatic N) is 5. The number of aromatic nitrogens is 5. The number of benzene rings is 2. The Kier molecular flexibility index (Phi) is 6.72. The minimum Gasteiger partial charge on any atom is -0.497 e. The van der Waals surface area contributed by atoms with Gasteiger partial charge >= 0.3 is 0 Å². The maximum Gasteiger partial charge on any atom is 0.283 e. The molecule has 0 aliphatic heterocycles. The molecule has 11 heteroatoms. The van der Waals surface area contributed by atoms with E-state index >= 15 is 0 Å². The first kappa shape index (κ1) is 22.8. The maximum atomic E-state index is 12.8. The van der Waals surface area contributed by atoms with E-state index in [1.807, 2.05) is 30.3 Å². The fourth-order valence-electron chi connectivity index (χ4n) is 3.45. The molecule has 2 aromatic heterocycles. The highest BCUT2D eigenvalue weighted by Gasteiger charge is 2.14. The summed E-state index contributed by atoms with van der Waals surface area (Å²) >= 11 is 0. The highest BCUT2D eigenvalue weighted by molar-refractivity contribution is 5.76. The largest absolute Gasteiger partial charge is 0.497 e. The number of rotatable bonds is 9. The lowest BCUT2D eigenvalue weighted by Gasteiger charge is -2.11. The number of carbonyl (C=O) groups excluding carboxylic acids is 1. The van der Waals surface area contributed by atoms with E-state index in [9.17, 15) is 9.59 Å². The second-order valence-corrected chi connectivity index (χ2v) is 7.41. The Morgan fingerprint density at radius 3 is 2.59 bits per heavy atom. The Balaban J connectivity index is 1.45. The number of hydrogen-bond donors (Lipinski definition) is 1. The predicted octanol–water partition coefficient (Wildman–Crippen LogP) is 1.38. The van der Waals surface area contributed by atoms with Crippen LogP contribution in [0.3, 0.4) is 0 Å². The van der Waals surface area contributed by atoms with E-state index < -0.39 is 5.56 Å². The summed E-state index contributed by atoms with van der Waals surface area (Å²) in [5, 5.41) is 10.8. The van der Waals surface area contributed by atoms with Gasteiger partial charge in [-0.25, -0.2) is 9.67 Å². The monoisotopic (exact) mass is 464 g/mol. The molecule has 0 saturated heterocycles. The molecule has 0 aliphatic rings. The van der Waals surface area contributed by atoms with Crippen molar-refractivity contribution in [2.75, 3.05) is 21.3 Å². The molecule has 2 heterocycles. The minimum atomic E-state index is -0.442. The summed E-state index contributed by atoms with van der Waals surface area (Å²) in [6, 6.07) is 12.9. The first-order chi connectivity index (χ1) is 16.5. The number of methoxy groups -OCH3 is 3. The molecule has 1 amide bonds. The van der Waals surface area contributed by atoms with Crippen molar-refractivity contribution in [3.05, 3.63) is 70.3 Å². The van der Waals surface area contributed by atoms with Crippen molar-refractivity contribution >= 4 is 17.1 Å². The van der Waals surface area contributed by atoms with Crippen molar-refractivity contribution in [2.45, 2.75) is 19.6 Å². The molecule has 0 radical (unpaired) electrons. The molecular formula is C23H24N6O5. The Labute approximate surface area is 194 Å². The Morgan fingerprint density at radius 1 is 1.00 bits per heavy atom. The van der Waals surface area contributed by atoms with Crippen LogP contribution in [0.4, 0.5) is 0 Å². The highest BCUT2D eigenvalue weighted by atomic mass is 16.5. The Bertz CT molecular complexity index is 1380. The third kappa shape index (κ3) is 4.82. The van der Waals surface area contributed by atoms with Crippen LogP contribution >= 0.6 is 0 Å². The van der Waals surface area contributed by atoms with Crippen LogP contribution in [0.1, 0.15) is 11.1 Å². The second kappa shape index (κ2) is 10.0. The first-order valence-electron chi connectivity index (χ1n) is 10.4. The van der Waals surface area contributed by atoms with E-state index in [1.165, 1.54) is 15.6 Å². The van der Waals surface area contributed by atoms with Gasteiger partial charge in [-0.3, -0.25) is 14.2 Å². The molecule has 0 bridgehead atoms. The van der Waals surface area contributed by atoms with Crippen LogP contribution in [0.2, 0.25) is 0 Å². The summed E-state index contributed by atoms with van der Waals surface area (Å²) in [6.45, 7) is 0.439. The van der Waals surface area contributed by atoms with Crippen LogP contribution in [0.15, 0.2) is 53.6 Å². The normalized spacial score (nSPS) is 10.8. The smallest absolute Gasteiger partial charge is 0.283 e. The van der Waals surface area contributed by atoms with Gasteiger partial charge in [0, 0.05) is 6.54 Å². The summed E-state index contributed by atoms with van der Waals surface area (Å²) in [4.78, 5) is 29.6. The molecule has 0 spiro atoms. The molecule has 0 aliphatic carbocycles. The van der Waals surface area contributed by atoms with Crippen LogP contribution < -0.4 is 25.1 Å². The third-order valence-electron chi connectivity index (χ3n) is 5.21. The first-order valence-corrected chi connectivity index (χ1v) is 10.4. The number of hydrogen-bond acceptors (Lipinski definition) is 8. The SMILES string of the molecule is COc1cccc(Cn2nnc3c(=O)n(CC(=O)NCc4ccc(OC)c(OC)c4)cnc32)c1. The fraction of sp³-hybridized carbons (Fsp3) is 0.261. The zero-order chi connectivity index (χ0) is 24.1. The Morgan fingerprint density at radius 2 is 1.82 bits per heavy atom. The molecule has 2 aromatic carbocycles. The van der Waals surface area contributed by atoms with E-state index in [-0.39, 0.29) is 24.5 Å². The van der Waals surface area contributed by atoms with Gasteiger partial charge in [0.1, 0.15) is 18.6 Å². The molecule has 0 saturated carbocycles. The van der Waals surface area contributed by atoms with Gasteiger partial charge in [0.15, 0.2) is 22.7 Å². The van der Waals surface area contributed by atoms with E-state index in [0.717, 1.165) is 16.9 Å². The van der Waals surface area contributed by atoms with Crippen LogP contribution in [0.5, 0.6) is 17.2 Å². The fourth-order valence-corrected chi connectivity index (χ4v) is 3.45. The molecule has 4 aromatic rings. The lowest BCUT2D eigenvalue weighted by molar-refractivity contribution is -0.121. The molecule has 0 unspecified atom stereocenters. The standard InChI is InChI=1S/C23H24N6O5/c1-32-17-6-4-5-16(9-17)12-29-22-21(26-27-29)23(31)28(14-25-22)13-20(30)24-11-15-7-8-18(33-2)19(10-15)34-3/h4-10,14H,11-13H2,1-3H3,(H,24,30). The summed E-state index contributed by atoms with van der Waals surface area (Å²) < 4.78 is 18.5. The van der Waals surface area contributed by atoms with Gasteiger partial charge in [-0.05, 0) is 35.4 Å². The number of fused-ring (bicyclic) bond motifs is 1.